The summed E-state index contributed by atoms with van der Waals surface area (Å²) in [6.07, 6.45) is 4.82. The number of aromatic nitrogens is 4. The summed E-state index contributed by atoms with van der Waals surface area (Å²) in [5.74, 6) is 6.36. The lowest BCUT2D eigenvalue weighted by atomic mass is 10.3. The summed E-state index contributed by atoms with van der Waals surface area (Å²) in [5, 5.41) is 4.29. The van der Waals surface area contributed by atoms with Crippen molar-refractivity contribution in [1.82, 2.24) is 19.7 Å². The second kappa shape index (κ2) is 8.04. The summed E-state index contributed by atoms with van der Waals surface area (Å²) >= 11 is 0. The third kappa shape index (κ3) is 4.19. The molecule has 0 bridgehead atoms. The molecule has 0 aliphatic carbocycles. The molecule has 3 rings (SSSR count). The molecule has 0 aliphatic heterocycles. The van der Waals surface area contributed by atoms with Gasteiger partial charge in [-0.15, -0.1) is 0 Å². The highest BCUT2D eigenvalue weighted by atomic mass is 19.1. The van der Waals surface area contributed by atoms with Crippen LogP contribution in [0.1, 0.15) is 11.4 Å². The number of nitrogens with zero attached hydrogens (tertiary/aromatic N) is 4. The molecule has 0 aliphatic rings. The van der Waals surface area contributed by atoms with Crippen molar-refractivity contribution in [2.45, 2.75) is 0 Å². The molecule has 6 nitrogen and oxygen atoms in total. The highest BCUT2D eigenvalue weighted by Crippen LogP contribution is 2.22. The van der Waals surface area contributed by atoms with E-state index < -0.39 is 0 Å². The first-order valence-electron chi connectivity index (χ1n) is 7.52. The minimum atomic E-state index is -0.320. The van der Waals surface area contributed by atoms with E-state index in [1.165, 1.54) is 12.1 Å². The molecule has 0 atom stereocenters. The van der Waals surface area contributed by atoms with Gasteiger partial charge < -0.3 is 9.47 Å². The van der Waals surface area contributed by atoms with Crippen molar-refractivity contribution in [3.63, 3.8) is 0 Å². The molecule has 0 unspecified atom stereocenters. The molecule has 2 aromatic heterocycles. The van der Waals surface area contributed by atoms with Crippen LogP contribution in [0, 0.1) is 17.7 Å². The average Bonchev–Trinajstić information content (AvgIpc) is 3.05. The molecule has 2 heterocycles. The van der Waals surface area contributed by atoms with E-state index in [4.69, 9.17) is 9.47 Å². The monoisotopic (exact) mass is 338 g/mol. The van der Waals surface area contributed by atoms with Crippen LogP contribution in [0.2, 0.25) is 0 Å². The van der Waals surface area contributed by atoms with Crippen molar-refractivity contribution in [3.8, 4) is 23.4 Å². The van der Waals surface area contributed by atoms with Crippen LogP contribution in [0.4, 0.5) is 4.39 Å². The minimum Gasteiger partial charge on any atom is -0.474 e. The number of ether oxygens (including phenoxy) is 2. The van der Waals surface area contributed by atoms with Gasteiger partial charge in [0.1, 0.15) is 18.0 Å². The molecule has 0 saturated carbocycles. The first-order chi connectivity index (χ1) is 12.3. The number of halogens is 1. The Morgan fingerprint density at radius 3 is 2.56 bits per heavy atom. The van der Waals surface area contributed by atoms with Crippen LogP contribution in [0.25, 0.3) is 5.69 Å². The summed E-state index contributed by atoms with van der Waals surface area (Å²) < 4.78 is 25.5. The summed E-state index contributed by atoms with van der Waals surface area (Å²) in [4.78, 5) is 8.12. The molecule has 126 valence electrons. The summed E-state index contributed by atoms with van der Waals surface area (Å²) in [5.41, 5.74) is 1.24. The Morgan fingerprint density at radius 1 is 1.08 bits per heavy atom. The number of benzene rings is 1. The van der Waals surface area contributed by atoms with E-state index >= 15 is 0 Å². The molecular formula is C18H15FN4O2. The summed E-state index contributed by atoms with van der Waals surface area (Å²) in [6.45, 7) is 0.753. The fraction of sp³-hybridized carbons (Fsp3) is 0.167. The van der Waals surface area contributed by atoms with Crippen LogP contribution >= 0.6 is 0 Å². The van der Waals surface area contributed by atoms with Gasteiger partial charge in [0.15, 0.2) is 0 Å². The lowest BCUT2D eigenvalue weighted by Crippen LogP contribution is -2.09. The van der Waals surface area contributed by atoms with Gasteiger partial charge in [0.05, 0.1) is 18.5 Å². The second-order valence-electron chi connectivity index (χ2n) is 4.92. The molecular weight excluding hydrogens is 323 g/mol. The molecule has 3 aromatic rings. The first-order valence-corrected chi connectivity index (χ1v) is 7.52. The van der Waals surface area contributed by atoms with E-state index in [-0.39, 0.29) is 5.82 Å². The van der Waals surface area contributed by atoms with Crippen molar-refractivity contribution in [2.24, 2.45) is 0 Å². The Morgan fingerprint density at radius 2 is 1.84 bits per heavy atom. The predicted molar refractivity (Wildman–Crippen MR) is 88.9 cm³/mol. The molecule has 0 spiro atoms. The average molecular weight is 338 g/mol. The molecule has 0 radical (unpaired) electrons. The van der Waals surface area contributed by atoms with Gasteiger partial charge in [0, 0.05) is 19.5 Å². The fourth-order valence-corrected chi connectivity index (χ4v) is 2.04. The number of rotatable bonds is 5. The normalized spacial score (nSPS) is 10.2. The van der Waals surface area contributed by atoms with Crippen molar-refractivity contribution < 1.29 is 13.9 Å². The molecule has 1 aromatic carbocycles. The van der Waals surface area contributed by atoms with Crippen LogP contribution < -0.4 is 4.74 Å². The number of methoxy groups -OCH3 is 1. The van der Waals surface area contributed by atoms with Crippen LogP contribution in [-0.4, -0.2) is 40.1 Å². The quantitative estimate of drug-likeness (QED) is 0.527. The lowest BCUT2D eigenvalue weighted by molar-refractivity contribution is 0.142. The van der Waals surface area contributed by atoms with Gasteiger partial charge in [-0.3, -0.25) is 0 Å². The van der Waals surface area contributed by atoms with Gasteiger partial charge in [-0.25, -0.2) is 14.4 Å². The topological polar surface area (TPSA) is 62.1 Å². The van der Waals surface area contributed by atoms with Gasteiger partial charge in [-0.1, -0.05) is 5.92 Å². The van der Waals surface area contributed by atoms with E-state index in [9.17, 15) is 4.39 Å². The highest BCUT2D eigenvalue weighted by Gasteiger charge is 2.13. The molecule has 7 heteroatoms. The largest absolute Gasteiger partial charge is 0.474 e. The molecule has 0 amide bonds. The Bertz CT molecular complexity index is 883. The van der Waals surface area contributed by atoms with Crippen molar-refractivity contribution in [1.29, 1.82) is 0 Å². The van der Waals surface area contributed by atoms with E-state index in [0.717, 1.165) is 0 Å². The molecule has 0 saturated heterocycles. The maximum atomic E-state index is 13.2. The van der Waals surface area contributed by atoms with E-state index in [1.807, 2.05) is 0 Å². The molecule has 0 fully saturated rings. The van der Waals surface area contributed by atoms with Crippen LogP contribution in [0.5, 0.6) is 5.88 Å². The second-order valence-corrected chi connectivity index (χ2v) is 4.92. The zero-order valence-electron chi connectivity index (χ0n) is 13.5. The number of hydrogen-bond acceptors (Lipinski definition) is 5. The van der Waals surface area contributed by atoms with Gasteiger partial charge in [-0.2, -0.15) is 9.78 Å². The Balaban J connectivity index is 1.95. The van der Waals surface area contributed by atoms with E-state index in [2.05, 4.69) is 26.9 Å². The standard InChI is InChI=1S/C18H15FN4O2/c1-24-11-12-25-18-14(3-8-17-20-9-2-10-21-17)13-22-23(18)16-6-4-15(19)5-7-16/h2,4-7,9-10,13H,11-12H2,1H3. The van der Waals surface area contributed by atoms with Crippen molar-refractivity contribution in [3.05, 3.63) is 66.1 Å². The third-order valence-electron chi connectivity index (χ3n) is 3.20. The minimum absolute atomic E-state index is 0.320. The fourth-order valence-electron chi connectivity index (χ4n) is 2.04. The lowest BCUT2D eigenvalue weighted by Gasteiger charge is -2.09. The van der Waals surface area contributed by atoms with Crippen LogP contribution in [0.15, 0.2) is 48.9 Å². The molecule has 25 heavy (non-hydrogen) atoms. The van der Waals surface area contributed by atoms with Crippen molar-refractivity contribution in [2.75, 3.05) is 20.3 Å². The van der Waals surface area contributed by atoms with Crippen LogP contribution in [-0.2, 0) is 4.74 Å². The van der Waals surface area contributed by atoms with Crippen molar-refractivity contribution >= 4 is 0 Å². The third-order valence-corrected chi connectivity index (χ3v) is 3.20. The van der Waals surface area contributed by atoms with Gasteiger partial charge in [-0.05, 0) is 36.3 Å². The zero-order chi connectivity index (χ0) is 17.5. The highest BCUT2D eigenvalue weighted by molar-refractivity contribution is 5.47. The van der Waals surface area contributed by atoms with E-state index in [1.54, 1.807) is 48.6 Å². The van der Waals surface area contributed by atoms with Crippen LogP contribution in [0.3, 0.4) is 0 Å². The van der Waals surface area contributed by atoms with Gasteiger partial charge >= 0.3 is 0 Å². The smallest absolute Gasteiger partial charge is 0.232 e. The van der Waals surface area contributed by atoms with Gasteiger partial charge in [0.25, 0.3) is 0 Å². The maximum Gasteiger partial charge on any atom is 0.232 e. The SMILES string of the molecule is COCCOc1c(C#Cc2ncccn2)cnn1-c1ccc(F)cc1. The van der Waals surface area contributed by atoms with Gasteiger partial charge in [0.2, 0.25) is 11.7 Å². The Hall–Kier alpha value is -3.24. The maximum absolute atomic E-state index is 13.2. The first kappa shape index (κ1) is 16.6. The number of hydrogen-bond donors (Lipinski definition) is 0. The Kier molecular flexibility index (Phi) is 5.34. The predicted octanol–water partition coefficient (Wildman–Crippen LogP) is 2.23. The zero-order valence-corrected chi connectivity index (χ0v) is 13.5. The summed E-state index contributed by atoms with van der Waals surface area (Å²) in [7, 11) is 1.59. The van der Waals surface area contributed by atoms with E-state index in [0.29, 0.717) is 36.2 Å². The molecule has 0 N–H and O–H groups in total. The Labute approximate surface area is 144 Å². The summed E-state index contributed by atoms with van der Waals surface area (Å²) in [6, 6.07) is 7.67.